The SMILES string of the molecule is CN1C[C@@H]2CC[C@H](CC1=O)N2C(=O)COCc1nc2ccc(F)cc2[nH]1. The topological polar surface area (TPSA) is 78.5 Å². The number of imidazole rings is 1. The van der Waals surface area contributed by atoms with E-state index in [9.17, 15) is 14.0 Å². The number of ether oxygens (including phenoxy) is 1. The van der Waals surface area contributed by atoms with Gasteiger partial charge < -0.3 is 19.5 Å². The van der Waals surface area contributed by atoms with Crippen molar-refractivity contribution >= 4 is 22.8 Å². The zero-order chi connectivity index (χ0) is 18.3. The molecule has 2 saturated heterocycles. The number of aromatic amines is 1. The van der Waals surface area contributed by atoms with Crippen LogP contribution in [0.15, 0.2) is 18.2 Å². The third-order valence-electron chi connectivity index (χ3n) is 5.19. The van der Waals surface area contributed by atoms with Gasteiger partial charge in [0.2, 0.25) is 11.8 Å². The third-order valence-corrected chi connectivity index (χ3v) is 5.19. The van der Waals surface area contributed by atoms with Crippen molar-refractivity contribution in [3.8, 4) is 0 Å². The number of halogens is 1. The lowest BCUT2D eigenvalue weighted by Gasteiger charge is -2.27. The first-order chi connectivity index (χ1) is 12.5. The summed E-state index contributed by atoms with van der Waals surface area (Å²) in [4.78, 5) is 35.5. The normalized spacial score (nSPS) is 22.9. The fourth-order valence-electron chi connectivity index (χ4n) is 3.94. The molecule has 0 unspecified atom stereocenters. The van der Waals surface area contributed by atoms with Crippen LogP contribution in [0.4, 0.5) is 4.39 Å². The molecule has 0 saturated carbocycles. The van der Waals surface area contributed by atoms with Crippen molar-refractivity contribution in [2.75, 3.05) is 20.2 Å². The molecule has 0 aliphatic carbocycles. The highest BCUT2D eigenvalue weighted by molar-refractivity contribution is 5.82. The second-order valence-corrected chi connectivity index (χ2v) is 7.00. The van der Waals surface area contributed by atoms with Gasteiger partial charge in [-0.1, -0.05) is 0 Å². The molecule has 2 aliphatic rings. The molecule has 2 aromatic rings. The van der Waals surface area contributed by atoms with Gasteiger partial charge in [-0.05, 0) is 31.0 Å². The van der Waals surface area contributed by atoms with Crippen molar-refractivity contribution in [3.63, 3.8) is 0 Å². The maximum atomic E-state index is 13.2. The predicted octanol–water partition coefficient (Wildman–Crippen LogP) is 1.44. The summed E-state index contributed by atoms with van der Waals surface area (Å²) >= 11 is 0. The zero-order valence-electron chi connectivity index (χ0n) is 14.6. The summed E-state index contributed by atoms with van der Waals surface area (Å²) in [5.41, 5.74) is 1.26. The molecular formula is C18H21FN4O3. The number of likely N-dealkylation sites (tertiary alicyclic amines) is 1. The van der Waals surface area contributed by atoms with Gasteiger partial charge in [0.05, 0.1) is 11.0 Å². The molecule has 3 heterocycles. The molecule has 2 bridgehead atoms. The highest BCUT2D eigenvalue weighted by atomic mass is 19.1. The number of carbonyl (C=O) groups excluding carboxylic acids is 2. The highest BCUT2D eigenvalue weighted by Gasteiger charge is 2.41. The summed E-state index contributed by atoms with van der Waals surface area (Å²) in [7, 11) is 1.78. The minimum Gasteiger partial charge on any atom is -0.364 e. The number of hydrogen-bond donors (Lipinski definition) is 1. The van der Waals surface area contributed by atoms with Crippen molar-refractivity contribution < 1.29 is 18.7 Å². The number of benzene rings is 1. The number of hydrogen-bond acceptors (Lipinski definition) is 4. The van der Waals surface area contributed by atoms with Crippen molar-refractivity contribution in [1.82, 2.24) is 19.8 Å². The van der Waals surface area contributed by atoms with Gasteiger partial charge in [0.15, 0.2) is 0 Å². The predicted molar refractivity (Wildman–Crippen MR) is 91.6 cm³/mol. The second kappa shape index (κ2) is 6.68. The highest BCUT2D eigenvalue weighted by Crippen LogP contribution is 2.30. The van der Waals surface area contributed by atoms with Crippen molar-refractivity contribution in [2.24, 2.45) is 0 Å². The summed E-state index contributed by atoms with van der Waals surface area (Å²) in [5, 5.41) is 0. The molecule has 2 fully saturated rings. The van der Waals surface area contributed by atoms with Crippen LogP contribution >= 0.6 is 0 Å². The molecule has 7 nitrogen and oxygen atoms in total. The van der Waals surface area contributed by atoms with E-state index in [-0.39, 0.29) is 42.9 Å². The number of rotatable bonds is 4. The molecule has 1 aromatic carbocycles. The van der Waals surface area contributed by atoms with E-state index in [1.54, 1.807) is 18.0 Å². The van der Waals surface area contributed by atoms with Crippen LogP contribution in [0.3, 0.4) is 0 Å². The maximum absolute atomic E-state index is 13.2. The summed E-state index contributed by atoms with van der Waals surface area (Å²) in [6, 6.07) is 4.37. The van der Waals surface area contributed by atoms with Gasteiger partial charge in [0, 0.05) is 32.1 Å². The molecule has 2 aliphatic heterocycles. The van der Waals surface area contributed by atoms with Crippen molar-refractivity contribution in [1.29, 1.82) is 0 Å². The first-order valence-electron chi connectivity index (χ1n) is 8.78. The summed E-state index contributed by atoms with van der Waals surface area (Å²) in [5.74, 6) is 0.209. The van der Waals surface area contributed by atoms with Crippen LogP contribution in [0.1, 0.15) is 25.1 Å². The smallest absolute Gasteiger partial charge is 0.249 e. The largest absolute Gasteiger partial charge is 0.364 e. The monoisotopic (exact) mass is 360 g/mol. The number of likely N-dealkylation sites (N-methyl/N-ethyl adjacent to an activating group) is 1. The van der Waals surface area contributed by atoms with Crippen LogP contribution in [-0.4, -0.2) is 63.9 Å². The van der Waals surface area contributed by atoms with Gasteiger partial charge in [0.1, 0.15) is 24.9 Å². The van der Waals surface area contributed by atoms with E-state index in [1.807, 2.05) is 4.90 Å². The molecule has 2 atom stereocenters. The Morgan fingerprint density at radius 2 is 2.19 bits per heavy atom. The first kappa shape index (κ1) is 17.0. The average Bonchev–Trinajstić information content (AvgIpc) is 3.14. The van der Waals surface area contributed by atoms with Crippen molar-refractivity contribution in [3.05, 3.63) is 29.8 Å². The first-order valence-corrected chi connectivity index (χ1v) is 8.78. The van der Waals surface area contributed by atoms with Gasteiger partial charge in [0.25, 0.3) is 0 Å². The van der Waals surface area contributed by atoms with E-state index in [0.29, 0.717) is 29.8 Å². The molecule has 2 amide bonds. The molecule has 0 radical (unpaired) electrons. The molecule has 26 heavy (non-hydrogen) atoms. The molecule has 1 N–H and O–H groups in total. The summed E-state index contributed by atoms with van der Waals surface area (Å²) in [6.45, 7) is 0.663. The van der Waals surface area contributed by atoms with E-state index in [0.717, 1.165) is 12.8 Å². The number of nitrogens with one attached hydrogen (secondary N) is 1. The lowest BCUT2D eigenvalue weighted by Crippen LogP contribution is -2.44. The Hall–Kier alpha value is -2.48. The van der Waals surface area contributed by atoms with Crippen LogP contribution in [0.2, 0.25) is 0 Å². The Morgan fingerprint density at radius 1 is 1.38 bits per heavy atom. The van der Waals surface area contributed by atoms with E-state index >= 15 is 0 Å². The lowest BCUT2D eigenvalue weighted by atomic mass is 10.1. The van der Waals surface area contributed by atoms with E-state index in [2.05, 4.69) is 9.97 Å². The Morgan fingerprint density at radius 3 is 3.04 bits per heavy atom. The number of aromatic nitrogens is 2. The summed E-state index contributed by atoms with van der Waals surface area (Å²) in [6.07, 6.45) is 2.17. The van der Waals surface area contributed by atoms with Gasteiger partial charge in [-0.3, -0.25) is 9.59 Å². The van der Waals surface area contributed by atoms with Gasteiger partial charge >= 0.3 is 0 Å². The third kappa shape index (κ3) is 3.16. The number of nitrogens with zero attached hydrogens (tertiary/aromatic N) is 3. The standard InChI is InChI=1S/C18H21FN4O3/c1-22-8-13-4-3-12(7-17(22)24)23(13)18(25)10-26-9-16-20-14-5-2-11(19)6-15(14)21-16/h2,5-6,12-13H,3-4,7-10H2,1H3,(H,20,21)/t12-,13+/m1/s1. The van der Waals surface area contributed by atoms with E-state index < -0.39 is 0 Å². The van der Waals surface area contributed by atoms with Crippen LogP contribution in [0.5, 0.6) is 0 Å². The molecule has 0 spiro atoms. The Labute approximate surface area is 150 Å². The van der Waals surface area contributed by atoms with Crippen LogP contribution in [0, 0.1) is 5.82 Å². The van der Waals surface area contributed by atoms with Gasteiger partial charge in [-0.2, -0.15) is 0 Å². The molecule has 1 aromatic heterocycles. The Bertz CT molecular complexity index is 852. The minimum absolute atomic E-state index is 0.0253. The fourth-order valence-corrected chi connectivity index (χ4v) is 3.94. The average molecular weight is 360 g/mol. The van der Waals surface area contributed by atoms with Gasteiger partial charge in [-0.15, -0.1) is 0 Å². The van der Waals surface area contributed by atoms with E-state index in [1.165, 1.54) is 12.1 Å². The minimum atomic E-state index is -0.333. The van der Waals surface area contributed by atoms with Crippen LogP contribution in [-0.2, 0) is 20.9 Å². The number of carbonyl (C=O) groups is 2. The summed E-state index contributed by atoms with van der Waals surface area (Å²) < 4.78 is 18.8. The van der Waals surface area contributed by atoms with Gasteiger partial charge in [-0.25, -0.2) is 9.37 Å². The molecular weight excluding hydrogens is 339 g/mol. The molecule has 4 rings (SSSR count). The number of fused-ring (bicyclic) bond motifs is 3. The van der Waals surface area contributed by atoms with E-state index in [4.69, 9.17) is 4.74 Å². The van der Waals surface area contributed by atoms with Crippen LogP contribution in [0.25, 0.3) is 11.0 Å². The molecule has 138 valence electrons. The zero-order valence-corrected chi connectivity index (χ0v) is 14.6. The van der Waals surface area contributed by atoms with Crippen molar-refractivity contribution in [2.45, 2.75) is 38.0 Å². The number of H-pyrrole nitrogens is 1. The quantitative estimate of drug-likeness (QED) is 0.895. The molecule has 8 heteroatoms. The van der Waals surface area contributed by atoms with Crippen LogP contribution < -0.4 is 0 Å². The number of amides is 2. The maximum Gasteiger partial charge on any atom is 0.249 e. The Balaban J connectivity index is 1.37. The lowest BCUT2D eigenvalue weighted by molar-refractivity contribution is -0.139. The fraction of sp³-hybridized carbons (Fsp3) is 0.500. The second-order valence-electron chi connectivity index (χ2n) is 7.00. The Kier molecular flexibility index (Phi) is 4.36.